The first kappa shape index (κ1) is 16.5. The highest BCUT2D eigenvalue weighted by molar-refractivity contribution is 5.64. The molecule has 0 saturated heterocycles. The van der Waals surface area contributed by atoms with Crippen molar-refractivity contribution in [3.63, 3.8) is 0 Å². The van der Waals surface area contributed by atoms with Crippen LogP contribution in [0.2, 0.25) is 0 Å². The van der Waals surface area contributed by atoms with Crippen molar-refractivity contribution < 1.29 is 19.4 Å². The van der Waals surface area contributed by atoms with E-state index in [0.717, 1.165) is 19.3 Å². The molecule has 112 valence electrons. The number of carbonyl (C=O) groups is 1. The average Bonchev–Trinajstić information content (AvgIpc) is 2.45. The number of ether oxygens (including phenoxy) is 2. The number of hydrogen-bond acceptors (Lipinski definition) is 3. The summed E-state index contributed by atoms with van der Waals surface area (Å²) < 4.78 is 10.9. The van der Waals surface area contributed by atoms with Gasteiger partial charge in [-0.05, 0) is 24.8 Å². The van der Waals surface area contributed by atoms with E-state index in [1.165, 1.54) is 5.56 Å². The Kier molecular flexibility index (Phi) is 9.26. The fourth-order valence-electron chi connectivity index (χ4n) is 1.69. The molecule has 0 atom stereocenters. The van der Waals surface area contributed by atoms with Gasteiger partial charge in [-0.1, -0.05) is 30.3 Å². The second kappa shape index (κ2) is 11.3. The van der Waals surface area contributed by atoms with Crippen LogP contribution in [-0.4, -0.2) is 37.6 Å². The molecule has 0 aliphatic heterocycles. The predicted octanol–water partition coefficient (Wildman–Crippen LogP) is 2.66. The van der Waals surface area contributed by atoms with Gasteiger partial charge >= 0.3 is 6.09 Å². The Hall–Kier alpha value is -1.59. The number of rotatable bonds is 11. The quantitative estimate of drug-likeness (QED) is 0.612. The summed E-state index contributed by atoms with van der Waals surface area (Å²) in [6.45, 7) is 3.01. The maximum Gasteiger partial charge on any atom is 0.404 e. The molecular formula is C15H23NO4. The van der Waals surface area contributed by atoms with Crippen LogP contribution in [-0.2, 0) is 16.1 Å². The summed E-state index contributed by atoms with van der Waals surface area (Å²) in [7, 11) is 0. The Balaban J connectivity index is 1.80. The molecule has 1 aromatic rings. The largest absolute Gasteiger partial charge is 0.465 e. The summed E-state index contributed by atoms with van der Waals surface area (Å²) in [6, 6.07) is 10.0. The van der Waals surface area contributed by atoms with Gasteiger partial charge < -0.3 is 19.9 Å². The molecule has 0 unspecified atom stereocenters. The van der Waals surface area contributed by atoms with Gasteiger partial charge in [-0.15, -0.1) is 0 Å². The van der Waals surface area contributed by atoms with Gasteiger partial charge in [-0.2, -0.15) is 0 Å². The lowest BCUT2D eigenvalue weighted by Crippen LogP contribution is -2.21. The van der Waals surface area contributed by atoms with E-state index in [1.54, 1.807) is 0 Å². The summed E-state index contributed by atoms with van der Waals surface area (Å²) in [5.41, 5.74) is 1.17. The predicted molar refractivity (Wildman–Crippen MR) is 76.8 cm³/mol. The van der Waals surface area contributed by atoms with Gasteiger partial charge in [0.1, 0.15) is 0 Å². The van der Waals surface area contributed by atoms with Gasteiger partial charge in [0.05, 0.1) is 19.8 Å². The van der Waals surface area contributed by atoms with Crippen LogP contribution in [0.25, 0.3) is 0 Å². The number of benzene rings is 1. The van der Waals surface area contributed by atoms with E-state index in [-0.39, 0.29) is 0 Å². The van der Waals surface area contributed by atoms with E-state index in [2.05, 4.69) is 5.32 Å². The number of carboxylic acid groups (broad SMARTS) is 1. The Morgan fingerprint density at radius 3 is 2.50 bits per heavy atom. The zero-order valence-corrected chi connectivity index (χ0v) is 11.7. The van der Waals surface area contributed by atoms with Crippen LogP contribution < -0.4 is 5.32 Å². The smallest absolute Gasteiger partial charge is 0.404 e. The zero-order chi connectivity index (χ0) is 14.5. The number of nitrogens with one attached hydrogen (secondary N) is 1. The van der Waals surface area contributed by atoms with Crippen LogP contribution in [0.5, 0.6) is 0 Å². The standard InChI is InChI=1S/C15H23NO4/c17-15(18)16-9-5-2-6-10-19-11-12-20-13-14-7-3-1-4-8-14/h1,3-4,7-8,16H,2,5-6,9-13H2,(H,17,18). The van der Waals surface area contributed by atoms with Crippen LogP contribution in [0.1, 0.15) is 24.8 Å². The van der Waals surface area contributed by atoms with Crippen LogP contribution in [0.3, 0.4) is 0 Å². The molecule has 0 spiro atoms. The summed E-state index contributed by atoms with van der Waals surface area (Å²) in [5, 5.41) is 10.7. The first-order chi connectivity index (χ1) is 9.79. The molecule has 0 heterocycles. The Labute approximate surface area is 119 Å². The topological polar surface area (TPSA) is 67.8 Å². The minimum atomic E-state index is -0.961. The third kappa shape index (κ3) is 9.35. The maximum atomic E-state index is 10.2. The Morgan fingerprint density at radius 1 is 1.00 bits per heavy atom. The molecule has 0 bridgehead atoms. The molecule has 0 fully saturated rings. The first-order valence-corrected chi connectivity index (χ1v) is 6.95. The van der Waals surface area contributed by atoms with Crippen LogP contribution in [0.4, 0.5) is 4.79 Å². The van der Waals surface area contributed by atoms with Gasteiger partial charge in [-0.3, -0.25) is 0 Å². The van der Waals surface area contributed by atoms with Crippen molar-refractivity contribution in [3.05, 3.63) is 35.9 Å². The third-order valence-electron chi connectivity index (χ3n) is 2.73. The van der Waals surface area contributed by atoms with E-state index < -0.39 is 6.09 Å². The Bertz CT molecular complexity index is 356. The molecule has 0 aliphatic rings. The molecule has 0 aromatic heterocycles. The molecular weight excluding hydrogens is 258 g/mol. The summed E-state index contributed by atoms with van der Waals surface area (Å²) >= 11 is 0. The third-order valence-corrected chi connectivity index (χ3v) is 2.73. The molecule has 0 aliphatic carbocycles. The summed E-state index contributed by atoms with van der Waals surface area (Å²) in [4.78, 5) is 10.2. The van der Waals surface area contributed by atoms with Gasteiger partial charge in [0.25, 0.3) is 0 Å². The average molecular weight is 281 g/mol. The molecule has 1 aromatic carbocycles. The minimum Gasteiger partial charge on any atom is -0.465 e. The molecule has 1 rings (SSSR count). The van der Waals surface area contributed by atoms with Crippen molar-refractivity contribution in [1.29, 1.82) is 0 Å². The highest BCUT2D eigenvalue weighted by Gasteiger charge is 1.95. The van der Waals surface area contributed by atoms with Gasteiger partial charge in [-0.25, -0.2) is 4.79 Å². The molecule has 20 heavy (non-hydrogen) atoms. The first-order valence-electron chi connectivity index (χ1n) is 6.95. The fraction of sp³-hybridized carbons (Fsp3) is 0.533. The zero-order valence-electron chi connectivity index (χ0n) is 11.7. The van der Waals surface area contributed by atoms with E-state index >= 15 is 0 Å². The van der Waals surface area contributed by atoms with Crippen molar-refractivity contribution in [3.8, 4) is 0 Å². The number of amides is 1. The molecule has 0 saturated carbocycles. The van der Waals surface area contributed by atoms with Crippen molar-refractivity contribution >= 4 is 6.09 Å². The number of hydrogen-bond donors (Lipinski definition) is 2. The van der Waals surface area contributed by atoms with E-state index in [9.17, 15) is 4.79 Å². The summed E-state index contributed by atoms with van der Waals surface area (Å²) in [6.07, 6.45) is 1.79. The molecule has 5 heteroatoms. The second-order valence-corrected chi connectivity index (χ2v) is 4.44. The van der Waals surface area contributed by atoms with Crippen molar-refractivity contribution in [1.82, 2.24) is 5.32 Å². The SMILES string of the molecule is O=C(O)NCCCCCOCCOCc1ccccc1. The lowest BCUT2D eigenvalue weighted by atomic mass is 10.2. The maximum absolute atomic E-state index is 10.2. The van der Waals surface area contributed by atoms with Crippen molar-refractivity contribution in [2.24, 2.45) is 0 Å². The monoisotopic (exact) mass is 281 g/mol. The highest BCUT2D eigenvalue weighted by Crippen LogP contribution is 2.00. The Morgan fingerprint density at radius 2 is 1.75 bits per heavy atom. The molecule has 5 nitrogen and oxygen atoms in total. The lowest BCUT2D eigenvalue weighted by Gasteiger charge is -2.06. The summed E-state index contributed by atoms with van der Waals surface area (Å²) in [5.74, 6) is 0. The molecule has 2 N–H and O–H groups in total. The van der Waals surface area contributed by atoms with Gasteiger partial charge in [0.2, 0.25) is 0 Å². The fourth-order valence-corrected chi connectivity index (χ4v) is 1.69. The van der Waals surface area contributed by atoms with Gasteiger partial charge in [0.15, 0.2) is 0 Å². The second-order valence-electron chi connectivity index (χ2n) is 4.44. The molecule has 0 radical (unpaired) electrons. The normalized spacial score (nSPS) is 10.4. The van der Waals surface area contributed by atoms with Crippen molar-refractivity contribution in [2.75, 3.05) is 26.4 Å². The van der Waals surface area contributed by atoms with E-state index in [1.807, 2.05) is 30.3 Å². The minimum absolute atomic E-state index is 0.509. The van der Waals surface area contributed by atoms with Gasteiger partial charge in [0, 0.05) is 13.2 Å². The van der Waals surface area contributed by atoms with Crippen LogP contribution >= 0.6 is 0 Å². The van der Waals surface area contributed by atoms with E-state index in [4.69, 9.17) is 14.6 Å². The van der Waals surface area contributed by atoms with Crippen LogP contribution in [0, 0.1) is 0 Å². The van der Waals surface area contributed by atoms with Crippen LogP contribution in [0.15, 0.2) is 30.3 Å². The highest BCUT2D eigenvalue weighted by atomic mass is 16.5. The lowest BCUT2D eigenvalue weighted by molar-refractivity contribution is 0.0393. The van der Waals surface area contributed by atoms with Crippen molar-refractivity contribution in [2.45, 2.75) is 25.9 Å². The molecule has 1 amide bonds. The van der Waals surface area contributed by atoms with E-state index in [0.29, 0.717) is 33.0 Å². The number of unbranched alkanes of at least 4 members (excludes halogenated alkanes) is 2.